The number of hydrogen-bond acceptors (Lipinski definition) is 5. The summed E-state index contributed by atoms with van der Waals surface area (Å²) in [6, 6.07) is 11.0. The van der Waals surface area contributed by atoms with Gasteiger partial charge >= 0.3 is 12.1 Å². The summed E-state index contributed by atoms with van der Waals surface area (Å²) in [6.07, 6.45) is -0.307. The van der Waals surface area contributed by atoms with Crippen LogP contribution in [0.5, 0.6) is 0 Å². The molecule has 2 aromatic rings. The molecule has 0 radical (unpaired) electrons. The number of alkyl carbamates (subject to hydrolysis) is 1. The molecule has 0 saturated carbocycles. The first-order valence-electron chi connectivity index (χ1n) is 11.2. The Hall–Kier alpha value is -2.64. The Kier molecular flexibility index (Phi) is 9.47. The molecule has 0 saturated heterocycles. The molecule has 0 aliphatic rings. The number of halogens is 2. The third-order valence-electron chi connectivity index (χ3n) is 5.24. The topological polar surface area (TPSA) is 84.9 Å². The van der Waals surface area contributed by atoms with Crippen LogP contribution in [0.3, 0.4) is 0 Å². The molecule has 2 N–H and O–H groups in total. The van der Waals surface area contributed by atoms with Gasteiger partial charge in [-0.3, -0.25) is 4.79 Å². The van der Waals surface area contributed by atoms with Crippen molar-refractivity contribution in [2.45, 2.75) is 59.1 Å². The van der Waals surface area contributed by atoms with E-state index in [1.165, 1.54) is 6.07 Å². The van der Waals surface area contributed by atoms with E-state index >= 15 is 0 Å². The van der Waals surface area contributed by atoms with Gasteiger partial charge in [0, 0.05) is 16.6 Å². The van der Waals surface area contributed by atoms with Gasteiger partial charge in [-0.1, -0.05) is 41.9 Å². The first-order chi connectivity index (χ1) is 15.9. The van der Waals surface area contributed by atoms with Gasteiger partial charge in [-0.2, -0.15) is 0 Å². The minimum atomic E-state index is -1.24. The van der Waals surface area contributed by atoms with Crippen LogP contribution in [0.2, 0.25) is 5.02 Å². The van der Waals surface area contributed by atoms with E-state index in [0.717, 1.165) is 0 Å². The number of hydrogen-bond donors (Lipinski definition) is 2. The maximum Gasteiger partial charge on any atom is 0.407 e. The molecule has 2 atom stereocenters. The van der Waals surface area contributed by atoms with Crippen LogP contribution in [0, 0.1) is 11.2 Å². The quantitative estimate of drug-likeness (QED) is 0.448. The second kappa shape index (κ2) is 11.7. The zero-order chi connectivity index (χ0) is 25.5. The molecule has 8 heteroatoms. The number of esters is 1. The van der Waals surface area contributed by atoms with E-state index in [-0.39, 0.29) is 25.3 Å². The molecular weight excluding hydrogens is 461 g/mol. The molecule has 0 heterocycles. The smallest absolute Gasteiger partial charge is 0.407 e. The molecular formula is C26H33ClFNO5. The summed E-state index contributed by atoms with van der Waals surface area (Å²) in [5.41, 5.74) is -0.221. The second-order valence-electron chi connectivity index (χ2n) is 9.48. The standard InChI is InChI=1S/C26H33ClFNO5/c1-6-33-23(31)26(5,16-30)15-19(29-24(32)34-25(2,3)4)13-18-12-11-17(14-21(18)27)20-9-7-8-10-22(20)28/h7-12,14,19,30H,6,13,15-16H2,1-5H3,(H,29,32). The second-order valence-corrected chi connectivity index (χ2v) is 9.88. The lowest BCUT2D eigenvalue weighted by atomic mass is 9.82. The van der Waals surface area contributed by atoms with Crippen LogP contribution in [0.25, 0.3) is 11.1 Å². The summed E-state index contributed by atoms with van der Waals surface area (Å²) in [6.45, 7) is 8.21. The van der Waals surface area contributed by atoms with Gasteiger partial charge in [-0.25, -0.2) is 9.18 Å². The van der Waals surface area contributed by atoms with E-state index in [2.05, 4.69) is 5.32 Å². The fraction of sp³-hybridized carbons (Fsp3) is 0.462. The SMILES string of the molecule is CCOC(=O)C(C)(CO)CC(Cc1ccc(-c2ccccc2F)cc1Cl)NC(=O)OC(C)(C)C. The third kappa shape index (κ3) is 7.71. The number of nitrogens with one attached hydrogen (secondary N) is 1. The Morgan fingerprint density at radius 3 is 2.38 bits per heavy atom. The molecule has 0 aromatic heterocycles. The Morgan fingerprint density at radius 1 is 1.15 bits per heavy atom. The van der Waals surface area contributed by atoms with Crippen molar-refractivity contribution in [3.8, 4) is 11.1 Å². The van der Waals surface area contributed by atoms with Crippen molar-refractivity contribution in [3.05, 3.63) is 58.9 Å². The van der Waals surface area contributed by atoms with Crippen LogP contribution in [0.4, 0.5) is 9.18 Å². The fourth-order valence-corrected chi connectivity index (χ4v) is 3.81. The molecule has 0 bridgehead atoms. The van der Waals surface area contributed by atoms with Crippen molar-refractivity contribution in [3.63, 3.8) is 0 Å². The minimum absolute atomic E-state index is 0.0902. The number of aliphatic hydroxyl groups is 1. The maximum atomic E-state index is 14.2. The highest BCUT2D eigenvalue weighted by Gasteiger charge is 2.38. The molecule has 186 valence electrons. The minimum Gasteiger partial charge on any atom is -0.466 e. The van der Waals surface area contributed by atoms with E-state index in [9.17, 15) is 19.1 Å². The first kappa shape index (κ1) is 27.6. The van der Waals surface area contributed by atoms with E-state index in [1.54, 1.807) is 71.0 Å². The van der Waals surface area contributed by atoms with Crippen molar-refractivity contribution in [2.24, 2.45) is 5.41 Å². The van der Waals surface area contributed by atoms with Crippen LogP contribution in [-0.2, 0) is 20.7 Å². The van der Waals surface area contributed by atoms with Gasteiger partial charge in [0.25, 0.3) is 0 Å². The highest BCUT2D eigenvalue weighted by Crippen LogP contribution is 2.31. The molecule has 0 aliphatic carbocycles. The zero-order valence-corrected chi connectivity index (χ0v) is 21.0. The summed E-state index contributed by atoms with van der Waals surface area (Å²) >= 11 is 6.53. The number of amides is 1. The lowest BCUT2D eigenvalue weighted by molar-refractivity contribution is -0.157. The Balaban J connectivity index is 2.32. The van der Waals surface area contributed by atoms with Gasteiger partial charge in [-0.15, -0.1) is 0 Å². The van der Waals surface area contributed by atoms with Gasteiger partial charge in [0.2, 0.25) is 0 Å². The average Bonchev–Trinajstić information content (AvgIpc) is 2.74. The van der Waals surface area contributed by atoms with Gasteiger partial charge in [0.05, 0.1) is 18.6 Å². The summed E-state index contributed by atoms with van der Waals surface area (Å²) in [4.78, 5) is 25.0. The number of aliphatic hydroxyl groups excluding tert-OH is 1. The van der Waals surface area contributed by atoms with Crippen molar-refractivity contribution in [1.29, 1.82) is 0 Å². The van der Waals surface area contributed by atoms with Crippen LogP contribution in [0.15, 0.2) is 42.5 Å². The van der Waals surface area contributed by atoms with E-state index in [4.69, 9.17) is 21.1 Å². The van der Waals surface area contributed by atoms with E-state index in [0.29, 0.717) is 21.7 Å². The summed E-state index contributed by atoms with van der Waals surface area (Å²) in [5.74, 6) is -0.918. The lowest BCUT2D eigenvalue weighted by Gasteiger charge is -2.31. The first-order valence-corrected chi connectivity index (χ1v) is 11.6. The van der Waals surface area contributed by atoms with Crippen LogP contribution >= 0.6 is 11.6 Å². The van der Waals surface area contributed by atoms with Gasteiger partial charge in [0.15, 0.2) is 0 Å². The van der Waals surface area contributed by atoms with E-state index in [1.807, 2.05) is 0 Å². The molecule has 6 nitrogen and oxygen atoms in total. The number of ether oxygens (including phenoxy) is 2. The molecule has 2 aromatic carbocycles. The molecule has 2 unspecified atom stereocenters. The highest BCUT2D eigenvalue weighted by molar-refractivity contribution is 6.31. The number of carbonyl (C=O) groups excluding carboxylic acids is 2. The molecule has 0 aliphatic heterocycles. The average molecular weight is 494 g/mol. The van der Waals surface area contributed by atoms with Gasteiger partial charge in [0.1, 0.15) is 11.4 Å². The maximum absolute atomic E-state index is 14.2. The predicted octanol–water partition coefficient (Wildman–Crippen LogP) is 5.53. The molecule has 1 amide bonds. The molecule has 2 rings (SSSR count). The number of benzene rings is 2. The number of rotatable bonds is 9. The normalized spacial score (nSPS) is 14.1. The van der Waals surface area contributed by atoms with Crippen LogP contribution in [0.1, 0.15) is 46.6 Å². The molecule has 0 fully saturated rings. The highest BCUT2D eigenvalue weighted by atomic mass is 35.5. The predicted molar refractivity (Wildman–Crippen MR) is 130 cm³/mol. The number of carbonyl (C=O) groups is 2. The third-order valence-corrected chi connectivity index (χ3v) is 5.59. The van der Waals surface area contributed by atoms with Crippen LogP contribution in [-0.4, -0.2) is 42.0 Å². The summed E-state index contributed by atoms with van der Waals surface area (Å²) < 4.78 is 24.7. The Labute approximate surface area is 205 Å². The summed E-state index contributed by atoms with van der Waals surface area (Å²) in [7, 11) is 0. The Morgan fingerprint density at radius 2 is 1.82 bits per heavy atom. The van der Waals surface area contributed by atoms with Crippen molar-refractivity contribution in [1.82, 2.24) is 5.32 Å². The monoisotopic (exact) mass is 493 g/mol. The van der Waals surface area contributed by atoms with Crippen LogP contribution < -0.4 is 5.32 Å². The Bertz CT molecular complexity index is 1010. The largest absolute Gasteiger partial charge is 0.466 e. The molecule has 34 heavy (non-hydrogen) atoms. The van der Waals surface area contributed by atoms with Crippen molar-refractivity contribution >= 4 is 23.7 Å². The lowest BCUT2D eigenvalue weighted by Crippen LogP contribution is -2.46. The molecule has 0 spiro atoms. The van der Waals surface area contributed by atoms with Gasteiger partial charge in [-0.05, 0) is 70.7 Å². The van der Waals surface area contributed by atoms with Crippen molar-refractivity contribution < 1.29 is 28.6 Å². The van der Waals surface area contributed by atoms with Crippen molar-refractivity contribution in [2.75, 3.05) is 13.2 Å². The zero-order valence-electron chi connectivity index (χ0n) is 20.3. The fourth-order valence-electron chi connectivity index (χ4n) is 3.55. The van der Waals surface area contributed by atoms with Gasteiger partial charge < -0.3 is 19.9 Å². The van der Waals surface area contributed by atoms with E-state index < -0.39 is 35.7 Å². The summed E-state index contributed by atoms with van der Waals surface area (Å²) in [5, 5.41) is 13.1.